The van der Waals surface area contributed by atoms with Crippen molar-refractivity contribution < 1.29 is 14.3 Å². The SMILES string of the molecule is CCCCCCCCCCCCCCCCCC(=O)OC(CC)OC. The van der Waals surface area contributed by atoms with Crippen molar-refractivity contribution in [2.24, 2.45) is 0 Å². The third-order valence-corrected chi connectivity index (χ3v) is 4.84. The van der Waals surface area contributed by atoms with Crippen LogP contribution in [0.25, 0.3) is 0 Å². The van der Waals surface area contributed by atoms with Gasteiger partial charge in [0.05, 0.1) is 0 Å². The zero-order chi connectivity index (χ0) is 18.6. The summed E-state index contributed by atoms with van der Waals surface area (Å²) in [6.45, 7) is 4.23. The highest BCUT2D eigenvalue weighted by Gasteiger charge is 2.10. The van der Waals surface area contributed by atoms with Crippen LogP contribution in [0.15, 0.2) is 0 Å². The van der Waals surface area contributed by atoms with Gasteiger partial charge in [-0.05, 0) is 6.42 Å². The van der Waals surface area contributed by atoms with Crippen LogP contribution in [0.4, 0.5) is 0 Å². The van der Waals surface area contributed by atoms with E-state index in [1.807, 2.05) is 6.92 Å². The maximum atomic E-state index is 11.6. The van der Waals surface area contributed by atoms with Crippen LogP contribution >= 0.6 is 0 Å². The van der Waals surface area contributed by atoms with E-state index in [2.05, 4.69) is 6.92 Å². The number of hydrogen-bond donors (Lipinski definition) is 0. The number of carbonyl (C=O) groups excluding carboxylic acids is 1. The quantitative estimate of drug-likeness (QED) is 0.140. The molecule has 0 saturated carbocycles. The molecule has 0 rings (SSSR count). The molecule has 25 heavy (non-hydrogen) atoms. The highest BCUT2D eigenvalue weighted by atomic mass is 16.7. The molecule has 0 heterocycles. The van der Waals surface area contributed by atoms with Gasteiger partial charge in [0.2, 0.25) is 6.29 Å². The van der Waals surface area contributed by atoms with E-state index in [9.17, 15) is 4.79 Å². The Morgan fingerprint density at radius 2 is 1.08 bits per heavy atom. The largest absolute Gasteiger partial charge is 0.436 e. The summed E-state index contributed by atoms with van der Waals surface area (Å²) in [7, 11) is 1.58. The molecule has 0 fully saturated rings. The maximum Gasteiger partial charge on any atom is 0.308 e. The molecule has 1 unspecified atom stereocenters. The highest BCUT2D eigenvalue weighted by molar-refractivity contribution is 5.69. The van der Waals surface area contributed by atoms with Crippen LogP contribution in [0, 0.1) is 0 Å². The Hall–Kier alpha value is -0.570. The second-order valence-electron chi connectivity index (χ2n) is 7.26. The molecule has 0 aromatic rings. The molecule has 0 amide bonds. The molecule has 1 atom stereocenters. The van der Waals surface area contributed by atoms with Gasteiger partial charge in [-0.3, -0.25) is 4.79 Å². The molecule has 0 aromatic heterocycles. The van der Waals surface area contributed by atoms with Crippen LogP contribution in [-0.2, 0) is 14.3 Å². The molecular weight excluding hydrogens is 312 g/mol. The second-order valence-corrected chi connectivity index (χ2v) is 7.26. The summed E-state index contributed by atoms with van der Waals surface area (Å²) in [5.74, 6) is -0.122. The minimum Gasteiger partial charge on any atom is -0.436 e. The van der Waals surface area contributed by atoms with Crippen molar-refractivity contribution in [1.29, 1.82) is 0 Å². The van der Waals surface area contributed by atoms with Gasteiger partial charge >= 0.3 is 5.97 Å². The van der Waals surface area contributed by atoms with Gasteiger partial charge < -0.3 is 9.47 Å². The van der Waals surface area contributed by atoms with E-state index in [1.54, 1.807) is 7.11 Å². The number of hydrogen-bond acceptors (Lipinski definition) is 3. The summed E-state index contributed by atoms with van der Waals surface area (Å²) in [5.41, 5.74) is 0. The van der Waals surface area contributed by atoms with Crippen molar-refractivity contribution in [2.45, 2.75) is 129 Å². The normalized spacial score (nSPS) is 12.3. The first-order valence-electron chi connectivity index (χ1n) is 11.0. The fourth-order valence-corrected chi connectivity index (χ4v) is 3.14. The zero-order valence-electron chi connectivity index (χ0n) is 17.3. The number of ether oxygens (including phenoxy) is 2. The first-order chi connectivity index (χ1) is 12.2. The fourth-order valence-electron chi connectivity index (χ4n) is 3.14. The van der Waals surface area contributed by atoms with Gasteiger partial charge in [0.1, 0.15) is 0 Å². The zero-order valence-corrected chi connectivity index (χ0v) is 17.3. The van der Waals surface area contributed by atoms with Gasteiger partial charge in [-0.25, -0.2) is 0 Å². The van der Waals surface area contributed by atoms with E-state index >= 15 is 0 Å². The van der Waals surface area contributed by atoms with Crippen molar-refractivity contribution in [1.82, 2.24) is 0 Å². The Morgan fingerprint density at radius 1 is 0.680 bits per heavy atom. The first kappa shape index (κ1) is 24.4. The lowest BCUT2D eigenvalue weighted by atomic mass is 10.0. The van der Waals surface area contributed by atoms with Crippen LogP contribution in [-0.4, -0.2) is 19.4 Å². The molecule has 0 aliphatic carbocycles. The summed E-state index contributed by atoms with van der Waals surface area (Å²) in [4.78, 5) is 11.6. The minimum absolute atomic E-state index is 0.122. The lowest BCUT2D eigenvalue weighted by molar-refractivity contribution is -0.173. The van der Waals surface area contributed by atoms with Crippen LogP contribution in [0.2, 0.25) is 0 Å². The molecule has 3 heteroatoms. The van der Waals surface area contributed by atoms with Gasteiger partial charge in [0, 0.05) is 20.0 Å². The van der Waals surface area contributed by atoms with Gasteiger partial charge in [-0.2, -0.15) is 0 Å². The minimum atomic E-state index is -0.371. The Bertz CT molecular complexity index is 274. The number of esters is 1. The summed E-state index contributed by atoms with van der Waals surface area (Å²) in [6, 6.07) is 0. The lowest BCUT2D eigenvalue weighted by Crippen LogP contribution is -2.18. The van der Waals surface area contributed by atoms with E-state index in [0.717, 1.165) is 12.8 Å². The van der Waals surface area contributed by atoms with E-state index in [4.69, 9.17) is 9.47 Å². The third kappa shape index (κ3) is 18.0. The van der Waals surface area contributed by atoms with E-state index < -0.39 is 0 Å². The van der Waals surface area contributed by atoms with Gasteiger partial charge in [0.15, 0.2) is 0 Å². The van der Waals surface area contributed by atoms with Crippen LogP contribution in [0.1, 0.15) is 123 Å². The third-order valence-electron chi connectivity index (χ3n) is 4.84. The molecule has 0 radical (unpaired) electrons. The van der Waals surface area contributed by atoms with Gasteiger partial charge in [-0.15, -0.1) is 0 Å². The standard InChI is InChI=1S/C22H44O3/c1-4-6-7-8-9-10-11-12-13-14-15-16-17-18-19-20-21(23)25-22(5-2)24-3/h22H,4-20H2,1-3H3. The molecule has 0 aromatic carbocycles. The van der Waals surface area contributed by atoms with Crippen molar-refractivity contribution in [3.8, 4) is 0 Å². The number of methoxy groups -OCH3 is 1. The van der Waals surface area contributed by atoms with Crippen LogP contribution < -0.4 is 0 Å². The number of carbonyl (C=O) groups is 1. The molecule has 0 N–H and O–H groups in total. The second kappa shape index (κ2) is 19.8. The molecule has 0 aliphatic heterocycles. The predicted octanol–water partition coefficient (Wildman–Crippen LogP) is 7.17. The average Bonchev–Trinajstić information content (AvgIpc) is 2.62. The monoisotopic (exact) mass is 356 g/mol. The lowest BCUT2D eigenvalue weighted by Gasteiger charge is -2.13. The van der Waals surface area contributed by atoms with E-state index in [-0.39, 0.29) is 12.3 Å². The molecule has 0 aliphatic rings. The Kier molecular flexibility index (Phi) is 19.3. The van der Waals surface area contributed by atoms with Crippen molar-refractivity contribution >= 4 is 5.97 Å². The average molecular weight is 357 g/mol. The summed E-state index contributed by atoms with van der Waals surface area (Å²) < 4.78 is 10.3. The van der Waals surface area contributed by atoms with E-state index in [0.29, 0.717) is 12.8 Å². The highest BCUT2D eigenvalue weighted by Crippen LogP contribution is 2.14. The number of rotatable bonds is 19. The number of unbranched alkanes of at least 4 members (excludes halogenated alkanes) is 14. The predicted molar refractivity (Wildman–Crippen MR) is 107 cm³/mol. The van der Waals surface area contributed by atoms with Gasteiger partial charge in [0.25, 0.3) is 0 Å². The Labute approximate surface area is 157 Å². The van der Waals surface area contributed by atoms with Gasteiger partial charge in [-0.1, -0.05) is 104 Å². The summed E-state index contributed by atoms with van der Waals surface area (Å²) in [5, 5.41) is 0. The molecule has 150 valence electrons. The maximum absolute atomic E-state index is 11.6. The van der Waals surface area contributed by atoms with Crippen molar-refractivity contribution in [2.75, 3.05) is 7.11 Å². The fraction of sp³-hybridized carbons (Fsp3) is 0.955. The Balaban J connectivity index is 3.17. The molecule has 0 spiro atoms. The van der Waals surface area contributed by atoms with Crippen molar-refractivity contribution in [3.05, 3.63) is 0 Å². The molecular formula is C22H44O3. The summed E-state index contributed by atoms with van der Waals surface area (Å²) in [6.07, 6.45) is 20.9. The summed E-state index contributed by atoms with van der Waals surface area (Å²) >= 11 is 0. The van der Waals surface area contributed by atoms with Crippen molar-refractivity contribution in [3.63, 3.8) is 0 Å². The van der Waals surface area contributed by atoms with Crippen LogP contribution in [0.5, 0.6) is 0 Å². The Morgan fingerprint density at radius 3 is 1.44 bits per heavy atom. The van der Waals surface area contributed by atoms with Crippen LogP contribution in [0.3, 0.4) is 0 Å². The molecule has 0 saturated heterocycles. The van der Waals surface area contributed by atoms with E-state index in [1.165, 1.54) is 83.5 Å². The first-order valence-corrected chi connectivity index (χ1v) is 11.0. The topological polar surface area (TPSA) is 35.5 Å². The molecule has 0 bridgehead atoms. The molecule has 3 nitrogen and oxygen atoms in total. The smallest absolute Gasteiger partial charge is 0.308 e.